The fourth-order valence-corrected chi connectivity index (χ4v) is 2.33. The van der Waals surface area contributed by atoms with Crippen LogP contribution in [0.3, 0.4) is 0 Å². The molecule has 148 valence electrons. The van der Waals surface area contributed by atoms with Gasteiger partial charge in [-0.1, -0.05) is 18.2 Å². The van der Waals surface area contributed by atoms with Crippen LogP contribution in [0.2, 0.25) is 0 Å². The second kappa shape index (κ2) is 6.86. The van der Waals surface area contributed by atoms with Gasteiger partial charge < -0.3 is 10.5 Å². The van der Waals surface area contributed by atoms with Crippen molar-refractivity contribution < 1.29 is 44.3 Å². The van der Waals surface area contributed by atoms with Crippen LogP contribution in [0.15, 0.2) is 42.5 Å². The summed E-state index contributed by atoms with van der Waals surface area (Å²) in [6, 6.07) is 5.28. The molecule has 0 aromatic heterocycles. The van der Waals surface area contributed by atoms with Gasteiger partial charge in [-0.25, -0.2) is 0 Å². The first-order valence-corrected chi connectivity index (χ1v) is 7.08. The Morgan fingerprint density at radius 2 is 1.30 bits per heavy atom. The predicted molar refractivity (Wildman–Crippen MR) is 77.2 cm³/mol. The zero-order valence-corrected chi connectivity index (χ0v) is 13.0. The van der Waals surface area contributed by atoms with E-state index in [1.165, 1.54) is 0 Å². The van der Waals surface area contributed by atoms with Crippen LogP contribution in [0.4, 0.5) is 45.2 Å². The molecule has 0 unspecified atom stereocenters. The molecular weight excluding hydrogens is 393 g/mol. The normalized spacial score (nSPS) is 13.1. The van der Waals surface area contributed by atoms with E-state index in [4.69, 9.17) is 10.5 Å². The van der Waals surface area contributed by atoms with E-state index in [0.29, 0.717) is 18.2 Å². The maximum Gasteiger partial charge on any atom is 0.420 e. The number of nitrogens with two attached hydrogens (primary N) is 1. The van der Waals surface area contributed by atoms with Crippen LogP contribution >= 0.6 is 0 Å². The molecular formula is C16H10F9NO. The number of ether oxygens (including phenoxy) is 1. The highest BCUT2D eigenvalue weighted by atomic mass is 19.4. The van der Waals surface area contributed by atoms with Crippen LogP contribution in [0.1, 0.15) is 17.0 Å². The van der Waals surface area contributed by atoms with Gasteiger partial charge in [0.15, 0.2) is 5.92 Å². The van der Waals surface area contributed by atoms with Gasteiger partial charge in [-0.3, -0.25) is 0 Å². The minimum absolute atomic E-state index is 0.314. The predicted octanol–water partition coefficient (Wildman–Crippen LogP) is 6.29. The summed E-state index contributed by atoms with van der Waals surface area (Å²) in [7, 11) is 0. The largest absolute Gasteiger partial charge is 0.456 e. The van der Waals surface area contributed by atoms with Crippen molar-refractivity contribution in [3.8, 4) is 11.5 Å². The maximum absolute atomic E-state index is 13.1. The lowest BCUT2D eigenvalue weighted by Gasteiger charge is -2.25. The van der Waals surface area contributed by atoms with Gasteiger partial charge in [-0.15, -0.1) is 0 Å². The third-order valence-electron chi connectivity index (χ3n) is 3.41. The van der Waals surface area contributed by atoms with Crippen LogP contribution in [0.5, 0.6) is 11.5 Å². The Labute approximate surface area is 146 Å². The van der Waals surface area contributed by atoms with Crippen molar-refractivity contribution in [3.63, 3.8) is 0 Å². The summed E-state index contributed by atoms with van der Waals surface area (Å²) in [5.74, 6) is -5.91. The Kier molecular flexibility index (Phi) is 5.26. The zero-order valence-electron chi connectivity index (χ0n) is 13.0. The van der Waals surface area contributed by atoms with E-state index >= 15 is 0 Å². The lowest BCUT2D eigenvalue weighted by Crippen LogP contribution is -2.34. The average Bonchev–Trinajstić information content (AvgIpc) is 2.47. The quantitative estimate of drug-likeness (QED) is 0.483. The van der Waals surface area contributed by atoms with Crippen molar-refractivity contribution in [3.05, 3.63) is 53.6 Å². The smallest absolute Gasteiger partial charge is 0.420 e. The van der Waals surface area contributed by atoms with Gasteiger partial charge in [-0.05, 0) is 24.3 Å². The van der Waals surface area contributed by atoms with Gasteiger partial charge in [0.25, 0.3) is 0 Å². The summed E-state index contributed by atoms with van der Waals surface area (Å²) in [4.78, 5) is 0. The Morgan fingerprint density at radius 3 is 1.81 bits per heavy atom. The molecule has 2 aromatic carbocycles. The molecule has 11 heteroatoms. The second-order valence-electron chi connectivity index (χ2n) is 5.41. The molecule has 0 saturated carbocycles. The van der Waals surface area contributed by atoms with Crippen molar-refractivity contribution in [2.75, 3.05) is 5.73 Å². The number of alkyl halides is 9. The van der Waals surface area contributed by atoms with Gasteiger partial charge in [0.05, 0.1) is 0 Å². The number of anilines is 1. The summed E-state index contributed by atoms with van der Waals surface area (Å²) in [6.45, 7) is 0. The van der Waals surface area contributed by atoms with Gasteiger partial charge in [0.2, 0.25) is 0 Å². The lowest BCUT2D eigenvalue weighted by molar-refractivity contribution is -0.253. The van der Waals surface area contributed by atoms with Crippen LogP contribution < -0.4 is 10.5 Å². The van der Waals surface area contributed by atoms with Crippen molar-refractivity contribution >= 4 is 5.69 Å². The number of hydrogen-bond donors (Lipinski definition) is 1. The van der Waals surface area contributed by atoms with Crippen LogP contribution in [-0.2, 0) is 6.18 Å². The summed E-state index contributed by atoms with van der Waals surface area (Å²) in [6.07, 6.45) is -16.5. The number of rotatable bonds is 3. The van der Waals surface area contributed by atoms with Gasteiger partial charge in [-0.2, -0.15) is 39.5 Å². The molecule has 0 heterocycles. The Bertz CT molecular complexity index is 795. The molecule has 0 aliphatic carbocycles. The van der Waals surface area contributed by atoms with E-state index in [0.717, 1.165) is 24.3 Å². The number of halogens is 9. The summed E-state index contributed by atoms with van der Waals surface area (Å²) < 4.78 is 122. The number of nitrogen functional groups attached to an aromatic ring is 1. The highest BCUT2D eigenvalue weighted by molar-refractivity contribution is 5.51. The van der Waals surface area contributed by atoms with E-state index < -0.39 is 47.1 Å². The van der Waals surface area contributed by atoms with E-state index in [1.807, 2.05) is 0 Å². The molecule has 0 aliphatic heterocycles. The first-order valence-electron chi connectivity index (χ1n) is 7.08. The number of para-hydroxylation sites is 1. The van der Waals surface area contributed by atoms with Crippen molar-refractivity contribution in [1.82, 2.24) is 0 Å². The summed E-state index contributed by atoms with van der Waals surface area (Å²) in [5, 5.41) is 0. The molecule has 2 aromatic rings. The van der Waals surface area contributed by atoms with Crippen LogP contribution in [0.25, 0.3) is 0 Å². The van der Waals surface area contributed by atoms with Gasteiger partial charge in [0.1, 0.15) is 17.1 Å². The molecule has 0 saturated heterocycles. The third kappa shape index (κ3) is 4.77. The van der Waals surface area contributed by atoms with Crippen LogP contribution in [0, 0.1) is 0 Å². The molecule has 0 bridgehead atoms. The maximum atomic E-state index is 13.1. The molecule has 0 fully saturated rings. The monoisotopic (exact) mass is 403 g/mol. The fourth-order valence-electron chi connectivity index (χ4n) is 2.33. The molecule has 0 spiro atoms. The van der Waals surface area contributed by atoms with Gasteiger partial charge in [0, 0.05) is 11.3 Å². The number of hydrogen-bond acceptors (Lipinski definition) is 2. The molecule has 2 rings (SSSR count). The molecule has 0 aliphatic rings. The van der Waals surface area contributed by atoms with E-state index in [9.17, 15) is 39.5 Å². The zero-order chi connectivity index (χ0) is 20.6. The Balaban J connectivity index is 2.58. The fraction of sp³-hybridized carbons (Fsp3) is 0.250. The van der Waals surface area contributed by atoms with Crippen LogP contribution in [-0.4, -0.2) is 12.4 Å². The molecule has 0 atom stereocenters. The van der Waals surface area contributed by atoms with E-state index in [-0.39, 0.29) is 5.69 Å². The van der Waals surface area contributed by atoms with Crippen molar-refractivity contribution in [2.45, 2.75) is 24.4 Å². The first kappa shape index (κ1) is 20.7. The standard InChI is InChI=1S/C16H10F9NO/c17-14(18,19)10-7-8(26)5-6-12(10)27-11-4-2-1-3-9(11)13(15(20,21)22)16(23,24)25/h1-7,13H,26H2. The minimum atomic E-state index is -5.73. The molecule has 2 N–H and O–H groups in total. The highest BCUT2D eigenvalue weighted by Crippen LogP contribution is 2.50. The number of benzene rings is 2. The first-order chi connectivity index (χ1) is 12.2. The highest BCUT2D eigenvalue weighted by Gasteiger charge is 2.58. The third-order valence-corrected chi connectivity index (χ3v) is 3.41. The molecule has 0 amide bonds. The van der Waals surface area contributed by atoms with Crippen molar-refractivity contribution in [1.29, 1.82) is 0 Å². The lowest BCUT2D eigenvalue weighted by atomic mass is 9.97. The average molecular weight is 403 g/mol. The Hall–Kier alpha value is -2.59. The van der Waals surface area contributed by atoms with E-state index in [1.54, 1.807) is 0 Å². The molecule has 27 heavy (non-hydrogen) atoms. The summed E-state index contributed by atoms with van der Waals surface area (Å²) in [5.41, 5.74) is 2.15. The topological polar surface area (TPSA) is 35.2 Å². The van der Waals surface area contributed by atoms with Gasteiger partial charge >= 0.3 is 18.5 Å². The van der Waals surface area contributed by atoms with Crippen molar-refractivity contribution in [2.24, 2.45) is 0 Å². The molecule has 0 radical (unpaired) electrons. The molecule has 2 nitrogen and oxygen atoms in total. The second-order valence-corrected chi connectivity index (χ2v) is 5.41. The Morgan fingerprint density at radius 1 is 0.741 bits per heavy atom. The minimum Gasteiger partial charge on any atom is -0.456 e. The summed E-state index contributed by atoms with van der Waals surface area (Å²) >= 11 is 0. The SMILES string of the molecule is Nc1ccc(Oc2ccccc2C(C(F)(F)F)C(F)(F)F)c(C(F)(F)F)c1. The van der Waals surface area contributed by atoms with E-state index in [2.05, 4.69) is 0 Å².